The van der Waals surface area contributed by atoms with Crippen molar-refractivity contribution >= 4 is 10.8 Å². The van der Waals surface area contributed by atoms with Crippen LogP contribution in [0.25, 0.3) is 16.5 Å². The number of hydrogen-bond donors (Lipinski definition) is 1. The van der Waals surface area contributed by atoms with Gasteiger partial charge in [0.05, 0.1) is 26.1 Å². The van der Waals surface area contributed by atoms with Crippen LogP contribution >= 0.6 is 0 Å². The second-order valence-electron chi connectivity index (χ2n) is 7.37. The number of fused-ring (bicyclic) bond motifs is 1. The molecule has 154 valence electrons. The lowest BCUT2D eigenvalue weighted by atomic mass is 10.0. The van der Waals surface area contributed by atoms with Crippen LogP contribution in [0.2, 0.25) is 0 Å². The molecule has 0 fully saturated rings. The summed E-state index contributed by atoms with van der Waals surface area (Å²) in [5.74, 6) is 1.74. The Hall–Kier alpha value is -3.31. The Labute approximate surface area is 177 Å². The molecule has 0 spiro atoms. The molecule has 1 aromatic heterocycles. The molecule has 1 unspecified atom stereocenters. The van der Waals surface area contributed by atoms with Gasteiger partial charge >= 0.3 is 0 Å². The molecule has 1 heterocycles. The second kappa shape index (κ2) is 8.59. The van der Waals surface area contributed by atoms with Crippen LogP contribution < -0.4 is 14.8 Å². The first kappa shape index (κ1) is 20.0. The molecule has 1 N–H and O–H groups in total. The maximum Gasteiger partial charge on any atom is 0.126 e. The third-order valence-electron chi connectivity index (χ3n) is 5.62. The van der Waals surface area contributed by atoms with E-state index in [0.29, 0.717) is 0 Å². The fraction of sp³-hybridized carbons (Fsp3) is 0.240. The number of aromatic nitrogens is 2. The molecular formula is C25H27N3O2. The Kier molecular flexibility index (Phi) is 5.72. The molecule has 1 atom stereocenters. The summed E-state index contributed by atoms with van der Waals surface area (Å²) in [5.41, 5.74) is 4.58. The van der Waals surface area contributed by atoms with E-state index < -0.39 is 0 Å². The summed E-state index contributed by atoms with van der Waals surface area (Å²) < 4.78 is 12.7. The van der Waals surface area contributed by atoms with E-state index in [1.165, 1.54) is 16.5 Å². The first-order valence-electron chi connectivity index (χ1n) is 10.1. The zero-order valence-electron chi connectivity index (χ0n) is 17.8. The summed E-state index contributed by atoms with van der Waals surface area (Å²) in [4.78, 5) is 0. The van der Waals surface area contributed by atoms with Gasteiger partial charge in [-0.2, -0.15) is 5.10 Å². The zero-order chi connectivity index (χ0) is 21.1. The van der Waals surface area contributed by atoms with Crippen molar-refractivity contribution in [2.75, 3.05) is 14.2 Å². The summed E-state index contributed by atoms with van der Waals surface area (Å²) in [6.07, 6.45) is 1.95. The first-order chi connectivity index (χ1) is 14.6. The molecule has 0 aliphatic carbocycles. The maximum absolute atomic E-state index is 5.51. The van der Waals surface area contributed by atoms with Gasteiger partial charge in [0.2, 0.25) is 0 Å². The quantitative estimate of drug-likeness (QED) is 0.462. The molecule has 0 amide bonds. The molecule has 5 nitrogen and oxygen atoms in total. The normalized spacial score (nSPS) is 12.1. The number of nitrogens with one attached hydrogen (secondary N) is 1. The highest BCUT2D eigenvalue weighted by Crippen LogP contribution is 2.29. The molecule has 0 saturated heterocycles. The van der Waals surface area contributed by atoms with Gasteiger partial charge in [-0.25, -0.2) is 4.68 Å². The van der Waals surface area contributed by atoms with Crippen molar-refractivity contribution in [2.45, 2.75) is 26.4 Å². The summed E-state index contributed by atoms with van der Waals surface area (Å²) in [5, 5.41) is 10.6. The van der Waals surface area contributed by atoms with Gasteiger partial charge in [-0.05, 0) is 55.1 Å². The van der Waals surface area contributed by atoms with Gasteiger partial charge in [0.15, 0.2) is 0 Å². The fourth-order valence-electron chi connectivity index (χ4n) is 3.87. The van der Waals surface area contributed by atoms with Crippen molar-refractivity contribution in [3.63, 3.8) is 0 Å². The number of methoxy groups -OCH3 is 2. The predicted octanol–water partition coefficient (Wildman–Crippen LogP) is 5.20. The van der Waals surface area contributed by atoms with Crippen molar-refractivity contribution in [1.82, 2.24) is 15.1 Å². The molecule has 30 heavy (non-hydrogen) atoms. The highest BCUT2D eigenvalue weighted by molar-refractivity contribution is 5.91. The van der Waals surface area contributed by atoms with E-state index in [9.17, 15) is 0 Å². The number of benzene rings is 3. The largest absolute Gasteiger partial charge is 0.497 e. The molecule has 0 bridgehead atoms. The smallest absolute Gasteiger partial charge is 0.126 e. The minimum atomic E-state index is 0.165. The van der Waals surface area contributed by atoms with E-state index in [2.05, 4.69) is 48.5 Å². The SMILES string of the molecule is COc1ccc(-n2ncc(C(C)NCc3ccc(OC)c4ccccc34)c2C)cc1. The van der Waals surface area contributed by atoms with Crippen LogP contribution in [0.15, 0.2) is 66.9 Å². The third kappa shape index (κ3) is 3.76. The molecule has 4 rings (SSSR count). The minimum Gasteiger partial charge on any atom is -0.497 e. The van der Waals surface area contributed by atoms with Gasteiger partial charge in [-0.3, -0.25) is 0 Å². The van der Waals surface area contributed by atoms with E-state index >= 15 is 0 Å². The number of hydrogen-bond acceptors (Lipinski definition) is 4. The zero-order valence-corrected chi connectivity index (χ0v) is 17.8. The summed E-state index contributed by atoms with van der Waals surface area (Å²) in [6, 6.07) is 20.6. The predicted molar refractivity (Wildman–Crippen MR) is 121 cm³/mol. The van der Waals surface area contributed by atoms with Gasteiger partial charge in [0.25, 0.3) is 0 Å². The van der Waals surface area contributed by atoms with Gasteiger partial charge in [-0.1, -0.05) is 30.3 Å². The Bertz CT molecular complexity index is 1150. The molecule has 3 aromatic carbocycles. The summed E-state index contributed by atoms with van der Waals surface area (Å²) in [7, 11) is 3.39. The van der Waals surface area contributed by atoms with Crippen LogP contribution in [0.3, 0.4) is 0 Å². The monoisotopic (exact) mass is 401 g/mol. The first-order valence-corrected chi connectivity index (χ1v) is 10.1. The second-order valence-corrected chi connectivity index (χ2v) is 7.37. The van der Waals surface area contributed by atoms with Crippen molar-refractivity contribution in [3.8, 4) is 17.2 Å². The Morgan fingerprint density at radius 2 is 1.67 bits per heavy atom. The van der Waals surface area contributed by atoms with E-state index in [4.69, 9.17) is 9.47 Å². The van der Waals surface area contributed by atoms with Crippen LogP contribution in [0.5, 0.6) is 11.5 Å². The maximum atomic E-state index is 5.51. The molecular weight excluding hydrogens is 374 g/mol. The fourth-order valence-corrected chi connectivity index (χ4v) is 3.87. The van der Waals surface area contributed by atoms with Crippen LogP contribution in [-0.2, 0) is 6.54 Å². The average molecular weight is 402 g/mol. The van der Waals surface area contributed by atoms with Crippen molar-refractivity contribution in [1.29, 1.82) is 0 Å². The highest BCUT2D eigenvalue weighted by atomic mass is 16.5. The van der Waals surface area contributed by atoms with E-state index in [0.717, 1.165) is 34.8 Å². The molecule has 4 aromatic rings. The Morgan fingerprint density at radius 3 is 2.37 bits per heavy atom. The van der Waals surface area contributed by atoms with E-state index in [1.54, 1.807) is 14.2 Å². The average Bonchev–Trinajstić information content (AvgIpc) is 3.18. The van der Waals surface area contributed by atoms with Crippen LogP contribution in [0.4, 0.5) is 0 Å². The standard InChI is InChI=1S/C25H27N3O2/c1-17(24-16-27-28(18(24)2)20-10-12-21(29-3)13-11-20)26-15-19-9-14-25(30-4)23-8-6-5-7-22(19)23/h5-14,16-17,26H,15H2,1-4H3. The van der Waals surface area contributed by atoms with Crippen LogP contribution in [0.1, 0.15) is 29.8 Å². The van der Waals surface area contributed by atoms with Crippen molar-refractivity contribution in [3.05, 3.63) is 83.7 Å². The molecule has 0 aliphatic heterocycles. The number of ether oxygens (including phenoxy) is 2. The molecule has 0 aliphatic rings. The van der Waals surface area contributed by atoms with Crippen LogP contribution in [-0.4, -0.2) is 24.0 Å². The molecule has 5 heteroatoms. The third-order valence-corrected chi connectivity index (χ3v) is 5.62. The summed E-state index contributed by atoms with van der Waals surface area (Å²) >= 11 is 0. The molecule has 0 saturated carbocycles. The van der Waals surface area contributed by atoms with Gasteiger partial charge in [-0.15, -0.1) is 0 Å². The van der Waals surface area contributed by atoms with Crippen molar-refractivity contribution in [2.24, 2.45) is 0 Å². The summed E-state index contributed by atoms with van der Waals surface area (Å²) in [6.45, 7) is 5.04. The minimum absolute atomic E-state index is 0.165. The van der Waals surface area contributed by atoms with E-state index in [-0.39, 0.29) is 6.04 Å². The highest BCUT2D eigenvalue weighted by Gasteiger charge is 2.15. The lowest BCUT2D eigenvalue weighted by molar-refractivity contribution is 0.414. The van der Waals surface area contributed by atoms with Crippen LogP contribution in [0, 0.1) is 6.92 Å². The lowest BCUT2D eigenvalue weighted by Crippen LogP contribution is -2.19. The van der Waals surface area contributed by atoms with Gasteiger partial charge in [0.1, 0.15) is 11.5 Å². The number of nitrogens with zero attached hydrogens (tertiary/aromatic N) is 2. The van der Waals surface area contributed by atoms with Crippen molar-refractivity contribution < 1.29 is 9.47 Å². The number of rotatable bonds is 7. The lowest BCUT2D eigenvalue weighted by Gasteiger charge is -2.16. The van der Waals surface area contributed by atoms with Gasteiger partial charge in [0, 0.05) is 29.2 Å². The Morgan fingerprint density at radius 1 is 0.933 bits per heavy atom. The van der Waals surface area contributed by atoms with Gasteiger partial charge < -0.3 is 14.8 Å². The molecule has 0 radical (unpaired) electrons. The Balaban J connectivity index is 1.53. The van der Waals surface area contributed by atoms with E-state index in [1.807, 2.05) is 47.3 Å². The topological polar surface area (TPSA) is 48.3 Å².